The Hall–Kier alpha value is -2.37. The van der Waals surface area contributed by atoms with Crippen LogP contribution in [0.4, 0.5) is 0 Å². The number of para-hydroxylation sites is 1. The summed E-state index contributed by atoms with van der Waals surface area (Å²) in [6.07, 6.45) is 0.491. The van der Waals surface area contributed by atoms with E-state index in [9.17, 15) is 4.79 Å². The molecule has 0 bridgehead atoms. The Labute approximate surface area is 167 Å². The Kier molecular flexibility index (Phi) is 7.88. The molecule has 0 atom stereocenters. The lowest BCUT2D eigenvalue weighted by molar-refractivity contribution is -0.132. The predicted molar refractivity (Wildman–Crippen MR) is 111 cm³/mol. The Morgan fingerprint density at radius 1 is 0.893 bits per heavy atom. The molecule has 0 unspecified atom stereocenters. The maximum Gasteiger partial charge on any atom is 0.227 e. The van der Waals surface area contributed by atoms with Crippen molar-refractivity contribution in [2.75, 3.05) is 52.5 Å². The van der Waals surface area contributed by atoms with Gasteiger partial charge in [-0.15, -0.1) is 0 Å². The molecule has 1 aliphatic rings. The first-order valence-corrected chi connectivity index (χ1v) is 10.0. The van der Waals surface area contributed by atoms with Crippen LogP contribution in [-0.4, -0.2) is 68.3 Å². The van der Waals surface area contributed by atoms with Gasteiger partial charge in [-0.25, -0.2) is 0 Å². The van der Waals surface area contributed by atoms with Crippen molar-refractivity contribution in [3.63, 3.8) is 0 Å². The normalized spacial score (nSPS) is 14.8. The smallest absolute Gasteiger partial charge is 0.227 e. The number of amides is 1. The molecule has 2 aromatic rings. The van der Waals surface area contributed by atoms with Gasteiger partial charge in [0.2, 0.25) is 5.91 Å². The van der Waals surface area contributed by atoms with E-state index in [0.29, 0.717) is 26.2 Å². The molecule has 1 aliphatic heterocycles. The number of benzene rings is 2. The quantitative estimate of drug-likeness (QED) is 0.626. The third kappa shape index (κ3) is 6.66. The highest BCUT2D eigenvalue weighted by Gasteiger charge is 2.20. The van der Waals surface area contributed by atoms with E-state index in [1.54, 1.807) is 0 Å². The molecule has 2 aromatic carbocycles. The van der Waals surface area contributed by atoms with Crippen LogP contribution in [0, 0.1) is 6.92 Å². The molecule has 3 rings (SSSR count). The van der Waals surface area contributed by atoms with Crippen LogP contribution in [0.1, 0.15) is 11.1 Å². The number of carbonyl (C=O) groups is 1. The molecule has 1 fully saturated rings. The van der Waals surface area contributed by atoms with Gasteiger partial charge in [-0.1, -0.05) is 48.0 Å². The summed E-state index contributed by atoms with van der Waals surface area (Å²) in [4.78, 5) is 16.8. The van der Waals surface area contributed by atoms with Crippen LogP contribution in [0.2, 0.25) is 0 Å². The second-order valence-electron chi connectivity index (χ2n) is 7.16. The molecule has 0 aliphatic carbocycles. The largest absolute Gasteiger partial charge is 0.491 e. The van der Waals surface area contributed by atoms with Crippen molar-refractivity contribution in [3.05, 3.63) is 65.7 Å². The van der Waals surface area contributed by atoms with Gasteiger partial charge in [-0.3, -0.25) is 9.69 Å². The lowest BCUT2D eigenvalue weighted by Gasteiger charge is -2.34. The fourth-order valence-corrected chi connectivity index (χ4v) is 3.24. The highest BCUT2D eigenvalue weighted by Crippen LogP contribution is 2.09. The molecule has 150 valence electrons. The molecule has 1 saturated heterocycles. The Bertz CT molecular complexity index is 710. The van der Waals surface area contributed by atoms with Gasteiger partial charge in [-0.2, -0.15) is 0 Å². The van der Waals surface area contributed by atoms with E-state index in [0.717, 1.165) is 44.0 Å². The Balaban J connectivity index is 1.26. The standard InChI is InChI=1S/C23H30N2O3/c1-20-7-9-21(10-8-20)19-23(26)25-13-11-24(12-14-25)15-16-27-17-18-28-22-5-3-2-4-6-22/h2-10H,11-19H2,1H3. The number of piperazine rings is 1. The van der Waals surface area contributed by atoms with Crippen LogP contribution in [-0.2, 0) is 16.0 Å². The van der Waals surface area contributed by atoms with E-state index >= 15 is 0 Å². The van der Waals surface area contributed by atoms with Gasteiger partial charge in [0.1, 0.15) is 12.4 Å². The zero-order chi connectivity index (χ0) is 19.6. The monoisotopic (exact) mass is 382 g/mol. The number of hydrogen-bond donors (Lipinski definition) is 0. The molecule has 0 N–H and O–H groups in total. The van der Waals surface area contributed by atoms with E-state index in [1.165, 1.54) is 5.56 Å². The summed E-state index contributed by atoms with van der Waals surface area (Å²) in [6.45, 7) is 8.19. The van der Waals surface area contributed by atoms with Gasteiger partial charge in [0.05, 0.1) is 19.6 Å². The van der Waals surface area contributed by atoms with Gasteiger partial charge >= 0.3 is 0 Å². The molecular weight excluding hydrogens is 352 g/mol. The zero-order valence-electron chi connectivity index (χ0n) is 16.7. The lowest BCUT2D eigenvalue weighted by Crippen LogP contribution is -2.49. The van der Waals surface area contributed by atoms with E-state index in [1.807, 2.05) is 47.4 Å². The molecule has 1 heterocycles. The summed E-state index contributed by atoms with van der Waals surface area (Å²) in [7, 11) is 0. The third-order valence-electron chi connectivity index (χ3n) is 4.99. The van der Waals surface area contributed by atoms with Crippen molar-refractivity contribution in [1.82, 2.24) is 9.80 Å². The molecule has 0 saturated carbocycles. The first-order chi connectivity index (χ1) is 13.7. The molecule has 0 aromatic heterocycles. The van der Waals surface area contributed by atoms with Crippen molar-refractivity contribution >= 4 is 5.91 Å². The average molecular weight is 383 g/mol. The highest BCUT2D eigenvalue weighted by molar-refractivity contribution is 5.78. The number of rotatable bonds is 9. The van der Waals surface area contributed by atoms with Crippen LogP contribution >= 0.6 is 0 Å². The second kappa shape index (κ2) is 10.8. The van der Waals surface area contributed by atoms with Gasteiger partial charge in [0, 0.05) is 32.7 Å². The summed E-state index contributed by atoms with van der Waals surface area (Å²) in [5.74, 6) is 1.09. The van der Waals surface area contributed by atoms with Crippen LogP contribution in [0.5, 0.6) is 5.75 Å². The molecule has 5 heteroatoms. The fraction of sp³-hybridized carbons (Fsp3) is 0.435. The van der Waals surface area contributed by atoms with E-state index in [-0.39, 0.29) is 5.91 Å². The van der Waals surface area contributed by atoms with Gasteiger partial charge in [0.25, 0.3) is 0 Å². The van der Waals surface area contributed by atoms with Crippen molar-refractivity contribution < 1.29 is 14.3 Å². The van der Waals surface area contributed by atoms with Crippen molar-refractivity contribution in [3.8, 4) is 5.75 Å². The topological polar surface area (TPSA) is 42.0 Å². The van der Waals surface area contributed by atoms with Crippen molar-refractivity contribution in [2.24, 2.45) is 0 Å². The summed E-state index contributed by atoms with van der Waals surface area (Å²) < 4.78 is 11.3. The van der Waals surface area contributed by atoms with Gasteiger partial charge < -0.3 is 14.4 Å². The Morgan fingerprint density at radius 3 is 2.32 bits per heavy atom. The molecule has 5 nitrogen and oxygen atoms in total. The summed E-state index contributed by atoms with van der Waals surface area (Å²) in [5.41, 5.74) is 2.31. The summed E-state index contributed by atoms with van der Waals surface area (Å²) in [6, 6.07) is 18.0. The minimum absolute atomic E-state index is 0.220. The van der Waals surface area contributed by atoms with Crippen LogP contribution in [0.3, 0.4) is 0 Å². The number of nitrogens with zero attached hydrogens (tertiary/aromatic N) is 2. The lowest BCUT2D eigenvalue weighted by atomic mass is 10.1. The molecule has 0 radical (unpaired) electrons. The van der Waals surface area contributed by atoms with E-state index in [4.69, 9.17) is 9.47 Å². The number of aryl methyl sites for hydroxylation is 1. The number of ether oxygens (including phenoxy) is 2. The Morgan fingerprint density at radius 2 is 1.61 bits per heavy atom. The second-order valence-corrected chi connectivity index (χ2v) is 7.16. The first kappa shape index (κ1) is 20.4. The molecule has 28 heavy (non-hydrogen) atoms. The minimum atomic E-state index is 0.220. The molecular formula is C23H30N2O3. The average Bonchev–Trinajstić information content (AvgIpc) is 2.73. The zero-order valence-corrected chi connectivity index (χ0v) is 16.7. The molecule has 1 amide bonds. The van der Waals surface area contributed by atoms with E-state index < -0.39 is 0 Å². The van der Waals surface area contributed by atoms with Crippen molar-refractivity contribution in [2.45, 2.75) is 13.3 Å². The summed E-state index contributed by atoms with van der Waals surface area (Å²) >= 11 is 0. The van der Waals surface area contributed by atoms with Crippen LogP contribution in [0.15, 0.2) is 54.6 Å². The van der Waals surface area contributed by atoms with Crippen LogP contribution in [0.25, 0.3) is 0 Å². The van der Waals surface area contributed by atoms with E-state index in [2.05, 4.69) is 24.0 Å². The molecule has 0 spiro atoms. The fourth-order valence-electron chi connectivity index (χ4n) is 3.24. The maximum atomic E-state index is 12.5. The minimum Gasteiger partial charge on any atom is -0.491 e. The maximum absolute atomic E-state index is 12.5. The predicted octanol–water partition coefficient (Wildman–Crippen LogP) is 2.78. The number of carbonyl (C=O) groups excluding carboxylic acids is 1. The van der Waals surface area contributed by atoms with Gasteiger partial charge in [-0.05, 0) is 24.6 Å². The summed E-state index contributed by atoms with van der Waals surface area (Å²) in [5, 5.41) is 0. The van der Waals surface area contributed by atoms with Crippen molar-refractivity contribution in [1.29, 1.82) is 0 Å². The third-order valence-corrected chi connectivity index (χ3v) is 4.99. The van der Waals surface area contributed by atoms with Crippen LogP contribution < -0.4 is 4.74 Å². The van der Waals surface area contributed by atoms with Gasteiger partial charge in [0.15, 0.2) is 0 Å². The SMILES string of the molecule is Cc1ccc(CC(=O)N2CCN(CCOCCOc3ccccc3)CC2)cc1. The highest BCUT2D eigenvalue weighted by atomic mass is 16.5. The first-order valence-electron chi connectivity index (χ1n) is 10.0. The number of hydrogen-bond acceptors (Lipinski definition) is 4.